The lowest BCUT2D eigenvalue weighted by atomic mass is 9.91. The van der Waals surface area contributed by atoms with Gasteiger partial charge >= 0.3 is 18.2 Å². The lowest BCUT2D eigenvalue weighted by Crippen LogP contribution is -2.42. The van der Waals surface area contributed by atoms with Gasteiger partial charge in [-0.05, 0) is 172 Å². The van der Waals surface area contributed by atoms with Gasteiger partial charge in [-0.25, -0.2) is 91.6 Å². The van der Waals surface area contributed by atoms with Crippen molar-refractivity contribution in [1.82, 2.24) is 63.8 Å². The summed E-state index contributed by atoms with van der Waals surface area (Å²) in [5.74, 6) is -2.99. The molecule has 8 heterocycles. The zero-order valence-corrected chi connectivity index (χ0v) is 64.0. The van der Waals surface area contributed by atoms with Gasteiger partial charge in [-0.1, -0.05) is 59.7 Å². The molecule has 2 saturated carbocycles. The molecule has 2 fully saturated rings. The van der Waals surface area contributed by atoms with Crippen LogP contribution in [0.25, 0.3) is 44.8 Å². The number of aromatic nitrogens is 10. The van der Waals surface area contributed by atoms with Crippen molar-refractivity contribution in [1.29, 1.82) is 0 Å². The van der Waals surface area contributed by atoms with Gasteiger partial charge in [-0.3, -0.25) is 9.78 Å². The van der Waals surface area contributed by atoms with Crippen LogP contribution in [0.15, 0.2) is 193 Å². The lowest BCUT2D eigenvalue weighted by Gasteiger charge is -2.30. The maximum Gasteiger partial charge on any atom is 0.407 e. The average molecular weight is 1610 g/mol. The van der Waals surface area contributed by atoms with Gasteiger partial charge in [-0.15, -0.1) is 0 Å². The highest BCUT2D eigenvalue weighted by Gasteiger charge is 2.30. The van der Waals surface area contributed by atoms with Crippen LogP contribution >= 0.6 is 0 Å². The Balaban J connectivity index is 0.000000178. The van der Waals surface area contributed by atoms with Crippen LogP contribution in [0, 0.1) is 37.1 Å². The van der Waals surface area contributed by atoms with E-state index in [1.807, 2.05) is 38.1 Å². The SMILES string of the molecule is COc1ccc(CNC(=O)OCc2ccnc(C(=O)N[C@@H]3CCC[C@H](Nc4nc(-c5cn(S(=O)(=O)c6ccc(C)cc6)c6ncc(F)cc56)ncc4F)C3)c2)cc1.COc1ccc(CNC(=O)OCc2ccnc(C(=O)O)c2)cc1.Cc1ccc(S(=O)(=O)n2cc(-c3ncc(F)c(N[C@H]4CCC[C@@H](N)C4)n3)c3cc(F)cnc32)cc1. The number of aromatic carboxylic acids is 1. The van der Waals surface area contributed by atoms with Crippen LogP contribution in [0.2, 0.25) is 0 Å². The molecule has 29 nitrogen and oxygen atoms in total. The normalized spacial score (nSPS) is 15.3. The molecule has 8 N–H and O–H groups in total. The van der Waals surface area contributed by atoms with Crippen molar-refractivity contribution in [3.63, 3.8) is 0 Å². The minimum absolute atomic E-state index is 0.00283. The zero-order valence-electron chi connectivity index (χ0n) is 62.3. The van der Waals surface area contributed by atoms with E-state index in [1.54, 1.807) is 80.9 Å². The Morgan fingerprint density at radius 3 is 1.38 bits per heavy atom. The smallest absolute Gasteiger partial charge is 0.407 e. The molecule has 12 aromatic rings. The molecule has 115 heavy (non-hydrogen) atoms. The molecular weight excluding hydrogens is 1530 g/mol. The summed E-state index contributed by atoms with van der Waals surface area (Å²) in [7, 11) is -5.06. The fraction of sp³-hybridized carbons (Fsp3) is 0.250. The minimum Gasteiger partial charge on any atom is -0.497 e. The quantitative estimate of drug-likeness (QED) is 0.0292. The van der Waals surface area contributed by atoms with Crippen LogP contribution in [-0.4, -0.2) is 132 Å². The number of pyridine rings is 4. The van der Waals surface area contributed by atoms with Gasteiger partial charge in [-0.2, -0.15) is 0 Å². The van der Waals surface area contributed by atoms with E-state index in [0.717, 1.165) is 86.1 Å². The molecule has 2 aliphatic carbocycles. The largest absolute Gasteiger partial charge is 0.497 e. The summed E-state index contributed by atoms with van der Waals surface area (Å²) >= 11 is 0. The molecule has 0 spiro atoms. The number of ether oxygens (including phenoxy) is 4. The summed E-state index contributed by atoms with van der Waals surface area (Å²) in [6.07, 6.45) is 13.8. The molecule has 0 unspecified atom stereocenters. The highest BCUT2D eigenvalue weighted by molar-refractivity contribution is 7.90. The number of nitrogens with two attached hydrogens (primary N) is 1. The molecule has 596 valence electrons. The number of hydrogen-bond donors (Lipinski definition) is 7. The van der Waals surface area contributed by atoms with Gasteiger partial charge in [0.2, 0.25) is 0 Å². The molecule has 4 atom stereocenters. The molecule has 2 aliphatic rings. The van der Waals surface area contributed by atoms with Crippen LogP contribution in [0.4, 0.5) is 38.8 Å². The maximum atomic E-state index is 15.2. The molecule has 35 heteroatoms. The number of aryl methyl sites for hydroxylation is 2. The van der Waals surface area contributed by atoms with E-state index >= 15 is 4.39 Å². The third-order valence-corrected chi connectivity index (χ3v) is 22.0. The number of nitrogens with zero attached hydrogens (tertiary/aromatic N) is 10. The Bertz CT molecular complexity index is 5760. The third kappa shape index (κ3) is 20.6. The monoisotopic (exact) mass is 1610 g/mol. The maximum absolute atomic E-state index is 15.2. The van der Waals surface area contributed by atoms with Crippen LogP contribution in [0.5, 0.6) is 11.5 Å². The molecule has 0 saturated heterocycles. The van der Waals surface area contributed by atoms with Crippen molar-refractivity contribution in [2.45, 2.75) is 125 Å². The molecule has 0 bridgehead atoms. The van der Waals surface area contributed by atoms with Crippen molar-refractivity contribution >= 4 is 77.8 Å². The molecule has 4 aromatic carbocycles. The molecule has 8 aromatic heterocycles. The number of amides is 3. The van der Waals surface area contributed by atoms with E-state index in [-0.39, 0.29) is 122 Å². The number of hydrogen-bond acceptors (Lipinski definition) is 23. The Hall–Kier alpha value is -13.0. The molecule has 0 radical (unpaired) electrons. The standard InChI is InChI=1S/C40H38F2N8O6S.C24H24F2N6O2S.C16H16N2O5/c1-24-6-12-31(13-7-24)57(53,54)50-22-33(32-17-27(41)20-45-38(32)50)36-44-21-34(42)37(49-36)47-28-4-3-5-29(18-28)48-39(51)35-16-26(14-15-43-35)23-56-40(52)46-19-25-8-10-30(55-2)11-9-25;1-14-5-7-18(8-6-14)35(33,34)32-13-20(19-9-15(25)11-29-24(19)32)22-28-12-21(26)23(31-22)30-17-4-2-3-16(27)10-17;1-22-13-4-2-11(3-5-13)9-18-16(21)23-10-12-6-7-17-14(8-12)15(19)20/h6-17,20-22,28-29H,3-5,18-19,23H2,1-2H3,(H,46,52)(H,48,51)(H,44,47,49);5-9,11-13,16-17H,2-4,10,27H2,1H3,(H,28,30,31);2-8H,9-10H2,1H3,(H,18,21)(H,19,20)/t28-,29+;16-,17+;/m01./s1. The molecule has 14 rings (SSSR count). The molecule has 0 aliphatic heterocycles. The summed E-state index contributed by atoms with van der Waals surface area (Å²) in [5.41, 5.74) is 11.1. The number of alkyl carbamates (subject to hydrolysis) is 2. The van der Waals surface area contributed by atoms with Crippen molar-refractivity contribution < 1.29 is 77.6 Å². The number of nitrogens with one attached hydrogen (secondary N) is 5. The second-order valence-electron chi connectivity index (χ2n) is 27.0. The number of carbonyl (C=O) groups is 4. The first-order chi connectivity index (χ1) is 55.3. The Morgan fingerprint density at radius 2 is 0.939 bits per heavy atom. The summed E-state index contributed by atoms with van der Waals surface area (Å²) in [4.78, 5) is 81.0. The van der Waals surface area contributed by atoms with Crippen molar-refractivity contribution in [2.24, 2.45) is 5.73 Å². The van der Waals surface area contributed by atoms with E-state index in [2.05, 4.69) is 66.5 Å². The number of carbonyl (C=O) groups excluding carboxylic acids is 3. The van der Waals surface area contributed by atoms with E-state index < -0.39 is 67.4 Å². The predicted octanol–water partition coefficient (Wildman–Crippen LogP) is 12.5. The van der Waals surface area contributed by atoms with Crippen LogP contribution < -0.4 is 41.8 Å². The van der Waals surface area contributed by atoms with Crippen LogP contribution in [-0.2, 0) is 55.8 Å². The van der Waals surface area contributed by atoms with E-state index in [1.165, 1.54) is 61.2 Å². The van der Waals surface area contributed by atoms with Gasteiger partial charge in [0.25, 0.3) is 26.0 Å². The summed E-state index contributed by atoms with van der Waals surface area (Å²) in [5, 5.41) is 23.7. The van der Waals surface area contributed by atoms with Crippen molar-refractivity contribution in [3.05, 3.63) is 251 Å². The lowest BCUT2D eigenvalue weighted by molar-refractivity contribution is 0.0689. The van der Waals surface area contributed by atoms with E-state index in [0.29, 0.717) is 55.5 Å². The number of anilines is 2. The summed E-state index contributed by atoms with van der Waals surface area (Å²) < 4.78 is 135. The fourth-order valence-corrected chi connectivity index (χ4v) is 15.4. The number of fused-ring (bicyclic) bond motifs is 2. The predicted molar refractivity (Wildman–Crippen MR) is 415 cm³/mol. The highest BCUT2D eigenvalue weighted by atomic mass is 32.2. The van der Waals surface area contributed by atoms with Gasteiger partial charge < -0.3 is 56.4 Å². The fourth-order valence-electron chi connectivity index (χ4n) is 12.7. The number of carboxylic acids is 1. The molecule has 3 amide bonds. The van der Waals surface area contributed by atoms with Gasteiger partial charge in [0, 0.05) is 83.9 Å². The average Bonchev–Trinajstić information content (AvgIpc) is 1.60. The number of halogens is 4. The Kier molecular flexibility index (Phi) is 26.0. The minimum atomic E-state index is -4.16. The van der Waals surface area contributed by atoms with Crippen molar-refractivity contribution in [2.75, 3.05) is 24.9 Å². The summed E-state index contributed by atoms with van der Waals surface area (Å²) in [6, 6.07) is 35.0. The Labute approximate surface area is 657 Å². The zero-order chi connectivity index (χ0) is 81.5. The number of rotatable bonds is 23. The van der Waals surface area contributed by atoms with Crippen LogP contribution in [0.3, 0.4) is 0 Å². The van der Waals surface area contributed by atoms with E-state index in [9.17, 15) is 49.2 Å². The van der Waals surface area contributed by atoms with Crippen LogP contribution in [0.1, 0.15) is 106 Å². The number of methoxy groups -OCH3 is 2. The topological polar surface area (TPSA) is 393 Å². The highest BCUT2D eigenvalue weighted by Crippen LogP contribution is 2.35. The number of benzene rings is 4. The first-order valence-corrected chi connectivity index (χ1v) is 39.0. The van der Waals surface area contributed by atoms with Gasteiger partial charge in [0.15, 0.2) is 46.2 Å². The van der Waals surface area contributed by atoms with Crippen molar-refractivity contribution in [3.8, 4) is 34.3 Å². The molecular formula is C80H78F4N16O13S2. The first-order valence-electron chi connectivity index (χ1n) is 36.1. The van der Waals surface area contributed by atoms with E-state index in [4.69, 9.17) is 29.8 Å². The second kappa shape index (κ2) is 36.6. The first kappa shape index (κ1) is 81.5. The summed E-state index contributed by atoms with van der Waals surface area (Å²) in [6.45, 7) is 4.16. The van der Waals surface area contributed by atoms with Gasteiger partial charge in [0.1, 0.15) is 47.7 Å². The second-order valence-corrected chi connectivity index (χ2v) is 30.7. The number of carboxylic acid groups (broad SMARTS) is 1. The van der Waals surface area contributed by atoms with Gasteiger partial charge in [0.05, 0.1) is 48.8 Å². The Morgan fingerprint density at radius 1 is 0.513 bits per heavy atom. The third-order valence-electron chi connectivity index (χ3n) is 18.7.